The number of nitrogens with one attached hydrogen (secondary N) is 1. The molecule has 0 spiro atoms. The quantitative estimate of drug-likeness (QED) is 0.604. The van der Waals surface area contributed by atoms with Crippen LogP contribution in [0.25, 0.3) is 0 Å². The fourth-order valence-corrected chi connectivity index (χ4v) is 1.67. The molecule has 1 saturated carbocycles. The van der Waals surface area contributed by atoms with Crippen LogP contribution in [-0.4, -0.2) is 29.1 Å². The number of benzene rings is 1. The van der Waals surface area contributed by atoms with E-state index in [0.29, 0.717) is 12.1 Å². The van der Waals surface area contributed by atoms with Crippen molar-refractivity contribution >= 4 is 11.6 Å². The maximum absolute atomic E-state index is 11.8. The Morgan fingerprint density at radius 1 is 1.39 bits per heavy atom. The summed E-state index contributed by atoms with van der Waals surface area (Å²) in [6.45, 7) is 0.521. The van der Waals surface area contributed by atoms with E-state index in [2.05, 4.69) is 5.32 Å². The summed E-state index contributed by atoms with van der Waals surface area (Å²) in [6, 6.07) is 5.44. The van der Waals surface area contributed by atoms with E-state index in [9.17, 15) is 14.9 Å². The second-order valence-corrected chi connectivity index (χ2v) is 4.64. The Labute approximate surface area is 104 Å². The maximum atomic E-state index is 11.8. The molecule has 1 fully saturated rings. The Morgan fingerprint density at radius 3 is 2.44 bits per heavy atom. The van der Waals surface area contributed by atoms with E-state index in [4.69, 9.17) is 5.11 Å². The van der Waals surface area contributed by atoms with E-state index in [1.807, 2.05) is 0 Å². The van der Waals surface area contributed by atoms with Gasteiger partial charge in [-0.25, -0.2) is 0 Å². The number of nitrogens with zero attached hydrogens (tertiary/aromatic N) is 1. The zero-order chi connectivity index (χ0) is 13.2. The highest BCUT2D eigenvalue weighted by Gasteiger charge is 2.42. The Kier molecular flexibility index (Phi) is 3.29. The van der Waals surface area contributed by atoms with Crippen LogP contribution in [0.2, 0.25) is 0 Å². The number of non-ortho nitro benzene ring substituents is 1. The first-order chi connectivity index (χ1) is 8.56. The predicted molar refractivity (Wildman–Crippen MR) is 64.2 cm³/mol. The largest absolute Gasteiger partial charge is 0.396 e. The molecule has 0 radical (unpaired) electrons. The van der Waals surface area contributed by atoms with E-state index >= 15 is 0 Å². The standard InChI is InChI=1S/C12H14N2O4/c15-8-12(5-6-12)7-13-11(16)9-1-3-10(4-2-9)14(17)18/h1-4,15H,5-8H2,(H,13,16). The minimum Gasteiger partial charge on any atom is -0.396 e. The monoisotopic (exact) mass is 250 g/mol. The minimum atomic E-state index is -0.507. The number of amides is 1. The summed E-state index contributed by atoms with van der Waals surface area (Å²) in [7, 11) is 0. The molecule has 2 rings (SSSR count). The maximum Gasteiger partial charge on any atom is 0.269 e. The third-order valence-electron chi connectivity index (χ3n) is 3.26. The van der Waals surface area contributed by atoms with Gasteiger partial charge in [0.05, 0.1) is 11.5 Å². The summed E-state index contributed by atoms with van der Waals surface area (Å²) >= 11 is 0. The molecule has 0 unspecified atom stereocenters. The molecule has 0 bridgehead atoms. The summed E-state index contributed by atoms with van der Waals surface area (Å²) in [5, 5.41) is 22.3. The van der Waals surface area contributed by atoms with Crippen molar-refractivity contribution in [3.05, 3.63) is 39.9 Å². The third kappa shape index (κ3) is 2.65. The molecule has 1 aromatic carbocycles. The third-order valence-corrected chi connectivity index (χ3v) is 3.26. The Balaban J connectivity index is 1.94. The van der Waals surface area contributed by atoms with Gasteiger partial charge in [-0.2, -0.15) is 0 Å². The first-order valence-corrected chi connectivity index (χ1v) is 5.70. The number of aliphatic hydroxyl groups excluding tert-OH is 1. The number of hydrogen-bond donors (Lipinski definition) is 2. The first kappa shape index (κ1) is 12.5. The van der Waals surface area contributed by atoms with E-state index in [0.717, 1.165) is 12.8 Å². The van der Waals surface area contributed by atoms with Crippen molar-refractivity contribution < 1.29 is 14.8 Å². The average Bonchev–Trinajstić information content (AvgIpc) is 3.17. The van der Waals surface area contributed by atoms with Gasteiger partial charge in [-0.05, 0) is 25.0 Å². The lowest BCUT2D eigenvalue weighted by Crippen LogP contribution is -2.31. The predicted octanol–water partition coefficient (Wildman–Crippen LogP) is 1.10. The fraction of sp³-hybridized carbons (Fsp3) is 0.417. The highest BCUT2D eigenvalue weighted by atomic mass is 16.6. The van der Waals surface area contributed by atoms with Crippen molar-refractivity contribution in [2.45, 2.75) is 12.8 Å². The molecule has 2 N–H and O–H groups in total. The van der Waals surface area contributed by atoms with Gasteiger partial charge in [0.1, 0.15) is 0 Å². The molecular formula is C12H14N2O4. The lowest BCUT2D eigenvalue weighted by atomic mass is 10.1. The summed E-state index contributed by atoms with van der Waals surface area (Å²) in [4.78, 5) is 21.7. The number of carbonyl (C=O) groups is 1. The SMILES string of the molecule is O=C(NCC1(CO)CC1)c1ccc([N+](=O)[O-])cc1. The molecule has 6 nitrogen and oxygen atoms in total. The molecule has 1 aromatic rings. The second kappa shape index (κ2) is 4.73. The summed E-state index contributed by atoms with van der Waals surface area (Å²) in [5.41, 5.74) is 0.200. The summed E-state index contributed by atoms with van der Waals surface area (Å²) in [6.07, 6.45) is 1.84. The number of carbonyl (C=O) groups excluding carboxylic acids is 1. The summed E-state index contributed by atoms with van der Waals surface area (Å²) < 4.78 is 0. The van der Waals surface area contributed by atoms with Crippen LogP contribution in [0, 0.1) is 15.5 Å². The molecule has 1 amide bonds. The van der Waals surface area contributed by atoms with Crippen LogP contribution in [0.1, 0.15) is 23.2 Å². The van der Waals surface area contributed by atoms with Crippen molar-refractivity contribution in [3.8, 4) is 0 Å². The highest BCUT2D eigenvalue weighted by molar-refractivity contribution is 5.94. The van der Waals surface area contributed by atoms with Crippen LogP contribution < -0.4 is 5.32 Å². The molecule has 0 aliphatic heterocycles. The Hall–Kier alpha value is -1.95. The molecule has 0 aromatic heterocycles. The molecule has 0 heterocycles. The summed E-state index contributed by atoms with van der Waals surface area (Å²) in [5.74, 6) is -0.273. The van der Waals surface area contributed by atoms with E-state index in [1.165, 1.54) is 24.3 Å². The van der Waals surface area contributed by atoms with Gasteiger partial charge in [0, 0.05) is 29.7 Å². The second-order valence-electron chi connectivity index (χ2n) is 4.64. The fourth-order valence-electron chi connectivity index (χ4n) is 1.67. The van der Waals surface area contributed by atoms with E-state index < -0.39 is 4.92 Å². The van der Waals surface area contributed by atoms with Gasteiger partial charge in [0.25, 0.3) is 11.6 Å². The van der Waals surface area contributed by atoms with Crippen molar-refractivity contribution in [1.29, 1.82) is 0 Å². The molecule has 18 heavy (non-hydrogen) atoms. The van der Waals surface area contributed by atoms with E-state index in [1.54, 1.807) is 0 Å². The number of nitro benzene ring substituents is 1. The van der Waals surface area contributed by atoms with Crippen molar-refractivity contribution in [1.82, 2.24) is 5.32 Å². The average molecular weight is 250 g/mol. The van der Waals surface area contributed by atoms with Gasteiger partial charge in [0.2, 0.25) is 0 Å². The van der Waals surface area contributed by atoms with Crippen LogP contribution in [0.3, 0.4) is 0 Å². The van der Waals surface area contributed by atoms with Gasteiger partial charge < -0.3 is 10.4 Å². The first-order valence-electron chi connectivity index (χ1n) is 5.70. The van der Waals surface area contributed by atoms with Crippen molar-refractivity contribution in [2.24, 2.45) is 5.41 Å². The van der Waals surface area contributed by atoms with Crippen molar-refractivity contribution in [2.75, 3.05) is 13.2 Å². The van der Waals surface area contributed by atoms with Crippen LogP contribution in [0.15, 0.2) is 24.3 Å². The van der Waals surface area contributed by atoms with Gasteiger partial charge in [0.15, 0.2) is 0 Å². The molecule has 6 heteroatoms. The number of aliphatic hydroxyl groups is 1. The van der Waals surface area contributed by atoms with Gasteiger partial charge in [-0.3, -0.25) is 14.9 Å². The Morgan fingerprint density at radius 2 is 2.00 bits per heavy atom. The molecule has 0 atom stereocenters. The van der Waals surface area contributed by atoms with Crippen molar-refractivity contribution in [3.63, 3.8) is 0 Å². The molecule has 1 aliphatic rings. The lowest BCUT2D eigenvalue weighted by Gasteiger charge is -2.12. The van der Waals surface area contributed by atoms with Gasteiger partial charge in [-0.15, -0.1) is 0 Å². The van der Waals surface area contributed by atoms with Crippen LogP contribution in [-0.2, 0) is 0 Å². The minimum absolute atomic E-state index is 0.0411. The molecule has 1 aliphatic carbocycles. The smallest absolute Gasteiger partial charge is 0.269 e. The normalized spacial score (nSPS) is 16.1. The number of nitro groups is 1. The lowest BCUT2D eigenvalue weighted by molar-refractivity contribution is -0.384. The van der Waals surface area contributed by atoms with Crippen LogP contribution >= 0.6 is 0 Å². The van der Waals surface area contributed by atoms with Gasteiger partial charge in [-0.1, -0.05) is 0 Å². The molecule has 0 saturated heterocycles. The zero-order valence-electron chi connectivity index (χ0n) is 9.76. The topological polar surface area (TPSA) is 92.5 Å². The molecule has 96 valence electrons. The Bertz CT molecular complexity index is 465. The number of hydrogen-bond acceptors (Lipinski definition) is 4. The van der Waals surface area contributed by atoms with Gasteiger partial charge >= 0.3 is 0 Å². The van der Waals surface area contributed by atoms with Crippen LogP contribution in [0.5, 0.6) is 0 Å². The zero-order valence-corrected chi connectivity index (χ0v) is 9.76. The highest BCUT2D eigenvalue weighted by Crippen LogP contribution is 2.44. The molecular weight excluding hydrogens is 236 g/mol. The number of rotatable bonds is 5. The van der Waals surface area contributed by atoms with Crippen LogP contribution in [0.4, 0.5) is 5.69 Å². The van der Waals surface area contributed by atoms with E-state index in [-0.39, 0.29) is 23.6 Å².